The molecular formula is C10H9N3O3. The molecule has 1 heterocycles. The standard InChI is InChI=1S/C10H9N3O3/c1-6-9(10(15)16)13(12-11-6)7-2-4-8(14)5-3-7/h2-5,14H,1H3,(H,15,16). The van der Waals surface area contributed by atoms with E-state index in [0.29, 0.717) is 11.4 Å². The second kappa shape index (κ2) is 3.65. The van der Waals surface area contributed by atoms with Crippen LogP contribution < -0.4 is 0 Å². The maximum absolute atomic E-state index is 11.0. The zero-order valence-electron chi connectivity index (χ0n) is 8.45. The predicted octanol–water partition coefficient (Wildman–Crippen LogP) is 0.980. The molecule has 0 bridgehead atoms. The van der Waals surface area contributed by atoms with E-state index in [1.807, 2.05) is 0 Å². The summed E-state index contributed by atoms with van der Waals surface area (Å²) < 4.78 is 1.22. The summed E-state index contributed by atoms with van der Waals surface area (Å²) in [5.74, 6) is -0.979. The van der Waals surface area contributed by atoms with Crippen LogP contribution >= 0.6 is 0 Å². The Kier molecular flexibility index (Phi) is 2.32. The van der Waals surface area contributed by atoms with Crippen molar-refractivity contribution in [3.63, 3.8) is 0 Å². The molecule has 0 aliphatic rings. The van der Waals surface area contributed by atoms with E-state index in [4.69, 9.17) is 10.2 Å². The number of rotatable bonds is 2. The highest BCUT2D eigenvalue weighted by atomic mass is 16.4. The highest BCUT2D eigenvalue weighted by Crippen LogP contribution is 2.15. The van der Waals surface area contributed by atoms with Gasteiger partial charge in [0.25, 0.3) is 0 Å². The average Bonchev–Trinajstić information content (AvgIpc) is 2.61. The van der Waals surface area contributed by atoms with Crippen LogP contribution in [0.2, 0.25) is 0 Å². The molecule has 1 aromatic carbocycles. The number of phenolic OH excluding ortho intramolecular Hbond substituents is 1. The van der Waals surface area contributed by atoms with Crippen molar-refractivity contribution in [1.29, 1.82) is 0 Å². The smallest absolute Gasteiger partial charge is 0.356 e. The van der Waals surface area contributed by atoms with Crippen molar-refractivity contribution in [2.45, 2.75) is 6.92 Å². The number of carboxylic acid groups (broad SMARTS) is 1. The molecule has 2 N–H and O–H groups in total. The molecule has 2 aromatic rings. The second-order valence-corrected chi connectivity index (χ2v) is 3.26. The van der Waals surface area contributed by atoms with Crippen LogP contribution in [0.1, 0.15) is 16.2 Å². The molecule has 2 rings (SSSR count). The summed E-state index contributed by atoms with van der Waals surface area (Å²) in [5, 5.41) is 25.6. The Morgan fingerprint density at radius 1 is 1.31 bits per heavy atom. The number of aromatic nitrogens is 3. The minimum Gasteiger partial charge on any atom is -0.508 e. The maximum Gasteiger partial charge on any atom is 0.356 e. The first kappa shape index (κ1) is 10.2. The van der Waals surface area contributed by atoms with Crippen LogP contribution in [0.15, 0.2) is 24.3 Å². The summed E-state index contributed by atoms with van der Waals surface area (Å²) >= 11 is 0. The van der Waals surface area contributed by atoms with E-state index in [-0.39, 0.29) is 11.4 Å². The number of aryl methyl sites for hydroxylation is 1. The summed E-state index contributed by atoms with van der Waals surface area (Å²) in [4.78, 5) is 11.0. The van der Waals surface area contributed by atoms with Crippen LogP contribution in [-0.2, 0) is 0 Å². The van der Waals surface area contributed by atoms with E-state index < -0.39 is 5.97 Å². The van der Waals surface area contributed by atoms with Gasteiger partial charge in [0.15, 0.2) is 5.69 Å². The lowest BCUT2D eigenvalue weighted by Gasteiger charge is -2.03. The molecule has 0 aliphatic carbocycles. The molecule has 0 saturated heterocycles. The second-order valence-electron chi connectivity index (χ2n) is 3.26. The van der Waals surface area contributed by atoms with Crippen LogP contribution in [0.3, 0.4) is 0 Å². The van der Waals surface area contributed by atoms with Gasteiger partial charge in [-0.2, -0.15) is 0 Å². The fraction of sp³-hybridized carbons (Fsp3) is 0.100. The molecule has 0 amide bonds. The minimum atomic E-state index is -1.09. The zero-order valence-corrected chi connectivity index (χ0v) is 8.45. The highest BCUT2D eigenvalue weighted by Gasteiger charge is 2.17. The van der Waals surface area contributed by atoms with E-state index >= 15 is 0 Å². The van der Waals surface area contributed by atoms with E-state index in [9.17, 15) is 4.79 Å². The molecule has 0 saturated carbocycles. The Labute approximate surface area is 90.8 Å². The Morgan fingerprint density at radius 2 is 1.94 bits per heavy atom. The van der Waals surface area contributed by atoms with Gasteiger partial charge < -0.3 is 10.2 Å². The molecule has 0 unspecified atom stereocenters. The maximum atomic E-state index is 11.0. The fourth-order valence-corrected chi connectivity index (χ4v) is 1.38. The largest absolute Gasteiger partial charge is 0.508 e. The quantitative estimate of drug-likeness (QED) is 0.785. The first-order valence-corrected chi connectivity index (χ1v) is 4.54. The van der Waals surface area contributed by atoms with Crippen LogP contribution in [0.4, 0.5) is 0 Å². The van der Waals surface area contributed by atoms with Crippen molar-refractivity contribution >= 4 is 5.97 Å². The molecular weight excluding hydrogens is 210 g/mol. The Hall–Kier alpha value is -2.37. The topological polar surface area (TPSA) is 88.2 Å². The molecule has 0 fully saturated rings. The number of aromatic carboxylic acids is 1. The van der Waals surface area contributed by atoms with Gasteiger partial charge in [0, 0.05) is 0 Å². The van der Waals surface area contributed by atoms with Gasteiger partial charge in [-0.05, 0) is 31.2 Å². The third-order valence-corrected chi connectivity index (χ3v) is 2.14. The predicted molar refractivity (Wildman–Crippen MR) is 54.7 cm³/mol. The summed E-state index contributed by atoms with van der Waals surface area (Å²) in [7, 11) is 0. The number of hydrogen-bond donors (Lipinski definition) is 2. The van der Waals surface area contributed by atoms with Crippen molar-refractivity contribution in [2.75, 3.05) is 0 Å². The summed E-state index contributed by atoms with van der Waals surface area (Å²) in [6, 6.07) is 6.04. The van der Waals surface area contributed by atoms with E-state index in [1.165, 1.54) is 16.8 Å². The minimum absolute atomic E-state index is 0.0192. The van der Waals surface area contributed by atoms with Crippen LogP contribution in [-0.4, -0.2) is 31.2 Å². The molecule has 0 radical (unpaired) electrons. The summed E-state index contributed by atoms with van der Waals surface area (Å²) in [5.41, 5.74) is 0.905. The highest BCUT2D eigenvalue weighted by molar-refractivity contribution is 5.87. The lowest BCUT2D eigenvalue weighted by molar-refractivity contribution is 0.0686. The number of aromatic hydroxyl groups is 1. The third-order valence-electron chi connectivity index (χ3n) is 2.14. The van der Waals surface area contributed by atoms with Gasteiger partial charge in [-0.3, -0.25) is 0 Å². The van der Waals surface area contributed by atoms with Crippen molar-refractivity contribution in [3.05, 3.63) is 35.7 Å². The number of nitrogens with zero attached hydrogens (tertiary/aromatic N) is 3. The van der Waals surface area contributed by atoms with Crippen molar-refractivity contribution in [2.24, 2.45) is 0 Å². The SMILES string of the molecule is Cc1nnn(-c2ccc(O)cc2)c1C(=O)O. The zero-order chi connectivity index (χ0) is 11.7. The molecule has 0 spiro atoms. The first-order chi connectivity index (χ1) is 7.59. The monoisotopic (exact) mass is 219 g/mol. The molecule has 6 heteroatoms. The van der Waals surface area contributed by atoms with Crippen LogP contribution in [0.5, 0.6) is 5.75 Å². The third kappa shape index (κ3) is 1.60. The van der Waals surface area contributed by atoms with E-state index in [0.717, 1.165) is 0 Å². The van der Waals surface area contributed by atoms with Gasteiger partial charge in [-0.1, -0.05) is 5.21 Å². The summed E-state index contributed by atoms with van der Waals surface area (Å²) in [6.45, 7) is 1.58. The van der Waals surface area contributed by atoms with Gasteiger partial charge in [0.05, 0.1) is 11.4 Å². The van der Waals surface area contributed by atoms with E-state index in [1.54, 1.807) is 19.1 Å². The molecule has 16 heavy (non-hydrogen) atoms. The van der Waals surface area contributed by atoms with Crippen molar-refractivity contribution < 1.29 is 15.0 Å². The van der Waals surface area contributed by atoms with Gasteiger partial charge in [-0.15, -0.1) is 5.10 Å². The summed E-state index contributed by atoms with van der Waals surface area (Å²) in [6.07, 6.45) is 0. The Balaban J connectivity index is 2.56. The van der Waals surface area contributed by atoms with Crippen LogP contribution in [0.25, 0.3) is 5.69 Å². The average molecular weight is 219 g/mol. The number of carbonyl (C=O) groups is 1. The van der Waals surface area contributed by atoms with Gasteiger partial charge in [0.2, 0.25) is 0 Å². The van der Waals surface area contributed by atoms with Gasteiger partial charge >= 0.3 is 5.97 Å². The molecule has 0 atom stereocenters. The fourth-order valence-electron chi connectivity index (χ4n) is 1.38. The lowest BCUT2D eigenvalue weighted by Crippen LogP contribution is -2.08. The number of phenols is 1. The van der Waals surface area contributed by atoms with Crippen LogP contribution in [0, 0.1) is 6.92 Å². The normalized spacial score (nSPS) is 10.3. The number of carboxylic acids is 1. The molecule has 6 nitrogen and oxygen atoms in total. The van der Waals surface area contributed by atoms with Gasteiger partial charge in [-0.25, -0.2) is 9.48 Å². The number of benzene rings is 1. The van der Waals surface area contributed by atoms with Gasteiger partial charge in [0.1, 0.15) is 5.75 Å². The molecule has 1 aromatic heterocycles. The lowest BCUT2D eigenvalue weighted by atomic mass is 10.3. The van der Waals surface area contributed by atoms with Crippen molar-refractivity contribution in [3.8, 4) is 11.4 Å². The number of hydrogen-bond acceptors (Lipinski definition) is 4. The Bertz CT molecular complexity index is 531. The Morgan fingerprint density at radius 3 is 2.50 bits per heavy atom. The molecule has 0 aliphatic heterocycles. The van der Waals surface area contributed by atoms with Crippen molar-refractivity contribution in [1.82, 2.24) is 15.0 Å². The first-order valence-electron chi connectivity index (χ1n) is 4.54. The molecule has 82 valence electrons. The van der Waals surface area contributed by atoms with E-state index in [2.05, 4.69) is 10.3 Å².